The fourth-order valence-corrected chi connectivity index (χ4v) is 2.57. The maximum atomic E-state index is 9.64. The Hall–Kier alpha value is -3.41. The van der Waals surface area contributed by atoms with Crippen molar-refractivity contribution in [3.63, 3.8) is 0 Å². The lowest BCUT2D eigenvalue weighted by atomic mass is 10.1. The predicted molar refractivity (Wildman–Crippen MR) is 87.7 cm³/mol. The Morgan fingerprint density at radius 3 is 2.61 bits per heavy atom. The summed E-state index contributed by atoms with van der Waals surface area (Å²) in [4.78, 5) is 8.62. The van der Waals surface area contributed by atoms with Crippen LogP contribution in [0.25, 0.3) is 27.9 Å². The largest absolute Gasteiger partial charge is 0.508 e. The molecule has 0 aliphatic carbocycles. The van der Waals surface area contributed by atoms with Gasteiger partial charge in [0.25, 0.3) is 0 Å². The van der Waals surface area contributed by atoms with Crippen molar-refractivity contribution in [1.29, 1.82) is 0 Å². The molecule has 0 aliphatic rings. The Bertz CT molecular complexity index is 994. The highest BCUT2D eigenvalue weighted by atomic mass is 16.3. The lowest BCUT2D eigenvalue weighted by molar-refractivity contribution is 0.475. The second-order valence-corrected chi connectivity index (χ2v) is 5.14. The number of phenols is 1. The van der Waals surface area contributed by atoms with E-state index in [-0.39, 0.29) is 5.75 Å². The molecule has 6 heteroatoms. The van der Waals surface area contributed by atoms with Gasteiger partial charge in [0.1, 0.15) is 11.6 Å². The van der Waals surface area contributed by atoms with Gasteiger partial charge < -0.3 is 10.8 Å². The molecule has 3 heterocycles. The molecule has 1 aromatic carbocycles. The molecule has 112 valence electrons. The third-order valence-corrected chi connectivity index (χ3v) is 3.69. The number of hydrogen-bond acceptors (Lipinski definition) is 5. The molecule has 0 amide bonds. The highest BCUT2D eigenvalue weighted by Gasteiger charge is 2.13. The third-order valence-electron chi connectivity index (χ3n) is 3.69. The number of nitrogens with two attached hydrogens (primary N) is 1. The van der Waals surface area contributed by atoms with Crippen molar-refractivity contribution in [3.05, 3.63) is 61.2 Å². The van der Waals surface area contributed by atoms with E-state index < -0.39 is 0 Å². The highest BCUT2D eigenvalue weighted by Crippen LogP contribution is 2.30. The number of rotatable bonds is 2. The van der Waals surface area contributed by atoms with Gasteiger partial charge in [0, 0.05) is 35.3 Å². The van der Waals surface area contributed by atoms with Crippen LogP contribution in [-0.4, -0.2) is 24.7 Å². The minimum Gasteiger partial charge on any atom is -0.508 e. The average Bonchev–Trinajstić information content (AvgIpc) is 3.01. The summed E-state index contributed by atoms with van der Waals surface area (Å²) in [6.07, 6.45) is 6.90. The molecule has 0 saturated heterocycles. The van der Waals surface area contributed by atoms with Gasteiger partial charge in [0.05, 0.1) is 6.20 Å². The quantitative estimate of drug-likeness (QED) is 0.594. The van der Waals surface area contributed by atoms with Gasteiger partial charge in [-0.25, -0.2) is 4.98 Å². The minimum absolute atomic E-state index is 0.179. The molecule has 3 N–H and O–H groups in total. The highest BCUT2D eigenvalue weighted by molar-refractivity contribution is 5.81. The summed E-state index contributed by atoms with van der Waals surface area (Å²) in [5.74, 6) is 0.647. The summed E-state index contributed by atoms with van der Waals surface area (Å²) in [5.41, 5.74) is 10.2. The number of nitrogen functional groups attached to an aromatic ring is 1. The Balaban J connectivity index is 1.91. The SMILES string of the molecule is Nc1c(-c2cccc(O)c2)cnc2c(-c3cccnc3)cnn12. The van der Waals surface area contributed by atoms with Crippen LogP contribution in [0.3, 0.4) is 0 Å². The summed E-state index contributed by atoms with van der Waals surface area (Å²) < 4.78 is 1.60. The van der Waals surface area contributed by atoms with Gasteiger partial charge in [0.2, 0.25) is 0 Å². The van der Waals surface area contributed by atoms with Gasteiger partial charge in [0.15, 0.2) is 5.65 Å². The van der Waals surface area contributed by atoms with Crippen LogP contribution >= 0.6 is 0 Å². The number of benzene rings is 1. The zero-order chi connectivity index (χ0) is 15.8. The smallest absolute Gasteiger partial charge is 0.165 e. The fraction of sp³-hybridized carbons (Fsp3) is 0. The van der Waals surface area contributed by atoms with Crippen LogP contribution in [0.1, 0.15) is 0 Å². The Morgan fingerprint density at radius 2 is 1.83 bits per heavy atom. The number of anilines is 1. The van der Waals surface area contributed by atoms with Crippen molar-refractivity contribution < 1.29 is 5.11 Å². The number of pyridine rings is 1. The predicted octanol–water partition coefficient (Wildman–Crippen LogP) is 2.75. The van der Waals surface area contributed by atoms with Gasteiger partial charge in [-0.2, -0.15) is 9.61 Å². The minimum atomic E-state index is 0.179. The van der Waals surface area contributed by atoms with Crippen molar-refractivity contribution in [2.24, 2.45) is 0 Å². The van der Waals surface area contributed by atoms with Crippen LogP contribution < -0.4 is 5.73 Å². The molecule has 0 bridgehead atoms. The van der Waals surface area contributed by atoms with Gasteiger partial charge >= 0.3 is 0 Å². The van der Waals surface area contributed by atoms with Crippen molar-refractivity contribution in [3.8, 4) is 28.0 Å². The van der Waals surface area contributed by atoms with Crippen LogP contribution in [0.15, 0.2) is 61.2 Å². The number of hydrogen-bond donors (Lipinski definition) is 2. The van der Waals surface area contributed by atoms with Crippen molar-refractivity contribution in [1.82, 2.24) is 19.6 Å². The van der Waals surface area contributed by atoms with Gasteiger partial charge in [-0.05, 0) is 23.8 Å². The van der Waals surface area contributed by atoms with Crippen LogP contribution in [-0.2, 0) is 0 Å². The molecule has 4 rings (SSSR count). The molecule has 0 saturated carbocycles. The standard InChI is InChI=1S/C17H13N5O/c18-16-14(11-3-1-5-13(23)7-11)9-20-17-15(10-21-22(16)17)12-4-2-6-19-8-12/h1-10,23H,18H2. The van der Waals surface area contributed by atoms with Crippen LogP contribution in [0.2, 0.25) is 0 Å². The maximum absolute atomic E-state index is 9.64. The molecule has 4 aromatic rings. The normalized spacial score (nSPS) is 11.0. The summed E-state index contributed by atoms with van der Waals surface area (Å²) >= 11 is 0. The van der Waals surface area contributed by atoms with E-state index in [1.807, 2.05) is 18.2 Å². The zero-order valence-corrected chi connectivity index (χ0v) is 12.1. The molecule has 0 aliphatic heterocycles. The summed E-state index contributed by atoms with van der Waals surface area (Å²) in [7, 11) is 0. The van der Waals surface area contributed by atoms with Crippen molar-refractivity contribution >= 4 is 11.5 Å². The molecule has 6 nitrogen and oxygen atoms in total. The number of nitrogens with zero attached hydrogens (tertiary/aromatic N) is 4. The number of aromatic hydroxyl groups is 1. The Kier molecular flexibility index (Phi) is 2.94. The van der Waals surface area contributed by atoms with Crippen molar-refractivity contribution in [2.45, 2.75) is 0 Å². The van der Waals surface area contributed by atoms with Gasteiger partial charge in [-0.1, -0.05) is 18.2 Å². The van der Waals surface area contributed by atoms with E-state index in [0.717, 1.165) is 16.7 Å². The molecule has 0 fully saturated rings. The number of fused-ring (bicyclic) bond motifs is 1. The molecular weight excluding hydrogens is 290 g/mol. The summed E-state index contributed by atoms with van der Waals surface area (Å²) in [6.45, 7) is 0. The lowest BCUT2D eigenvalue weighted by Gasteiger charge is -2.08. The molecule has 0 radical (unpaired) electrons. The van der Waals surface area contributed by atoms with E-state index in [1.165, 1.54) is 0 Å². The molecule has 0 spiro atoms. The number of aromatic nitrogens is 4. The zero-order valence-electron chi connectivity index (χ0n) is 12.1. The molecule has 0 unspecified atom stereocenters. The molecule has 23 heavy (non-hydrogen) atoms. The van der Waals surface area contributed by atoms with E-state index in [0.29, 0.717) is 17.0 Å². The first-order chi connectivity index (χ1) is 11.2. The van der Waals surface area contributed by atoms with Crippen LogP contribution in [0.4, 0.5) is 5.82 Å². The lowest BCUT2D eigenvalue weighted by Crippen LogP contribution is -2.02. The van der Waals surface area contributed by atoms with E-state index in [1.54, 1.807) is 47.5 Å². The Labute approximate surface area is 131 Å². The van der Waals surface area contributed by atoms with Crippen LogP contribution in [0.5, 0.6) is 5.75 Å². The van der Waals surface area contributed by atoms with Crippen molar-refractivity contribution in [2.75, 3.05) is 5.73 Å². The van der Waals surface area contributed by atoms with Gasteiger partial charge in [-0.3, -0.25) is 4.98 Å². The van der Waals surface area contributed by atoms with E-state index in [2.05, 4.69) is 15.1 Å². The van der Waals surface area contributed by atoms with E-state index in [9.17, 15) is 5.11 Å². The third kappa shape index (κ3) is 2.17. The maximum Gasteiger partial charge on any atom is 0.165 e. The summed E-state index contributed by atoms with van der Waals surface area (Å²) in [5, 5.41) is 14.0. The van der Waals surface area contributed by atoms with Crippen LogP contribution in [0, 0.1) is 0 Å². The van der Waals surface area contributed by atoms with Gasteiger partial charge in [-0.15, -0.1) is 0 Å². The topological polar surface area (TPSA) is 89.3 Å². The average molecular weight is 303 g/mol. The molecular formula is C17H13N5O. The van der Waals surface area contributed by atoms with E-state index >= 15 is 0 Å². The summed E-state index contributed by atoms with van der Waals surface area (Å²) in [6, 6.07) is 10.7. The molecule has 3 aromatic heterocycles. The second-order valence-electron chi connectivity index (χ2n) is 5.14. The second kappa shape index (κ2) is 5.10. The Morgan fingerprint density at radius 1 is 0.957 bits per heavy atom. The fourth-order valence-electron chi connectivity index (χ4n) is 2.57. The first-order valence-corrected chi connectivity index (χ1v) is 7.06. The number of phenolic OH excluding ortho intramolecular Hbond substituents is 1. The van der Waals surface area contributed by atoms with E-state index in [4.69, 9.17) is 5.73 Å². The first-order valence-electron chi connectivity index (χ1n) is 7.06. The molecule has 0 atom stereocenters. The monoisotopic (exact) mass is 303 g/mol. The first kappa shape index (κ1) is 13.3.